The van der Waals surface area contributed by atoms with Crippen LogP contribution in [0, 0.1) is 0 Å². The summed E-state index contributed by atoms with van der Waals surface area (Å²) in [4.78, 5) is 1.58. The van der Waals surface area contributed by atoms with Gasteiger partial charge in [0.1, 0.15) is 4.90 Å². The van der Waals surface area contributed by atoms with Gasteiger partial charge in [-0.05, 0) is 30.3 Å². The third-order valence-electron chi connectivity index (χ3n) is 2.35. The molecule has 2 aromatic carbocycles. The van der Waals surface area contributed by atoms with Gasteiger partial charge in [-0.2, -0.15) is 0 Å². The van der Waals surface area contributed by atoms with Crippen molar-refractivity contribution in [3.05, 3.63) is 47.5 Å². The molecule has 0 aliphatic rings. The van der Waals surface area contributed by atoms with Gasteiger partial charge in [0, 0.05) is 9.79 Å². The van der Waals surface area contributed by atoms with Crippen LogP contribution in [0.2, 0.25) is 5.02 Å². The predicted octanol–water partition coefficient (Wildman–Crippen LogP) is 2.72. The molecule has 4 N–H and O–H groups in total. The standard InChI is InChI=1S/C12H11ClN2O2S2/c13-9-3-1-2-4-11(9)18-8-5-6-12(10(14)7-8)19(15,16)17/h1-7H,14H2,(H2,15,16,17). The summed E-state index contributed by atoms with van der Waals surface area (Å²) >= 11 is 7.45. The van der Waals surface area contributed by atoms with Crippen molar-refractivity contribution in [3.8, 4) is 0 Å². The number of hydrogen-bond donors (Lipinski definition) is 2. The van der Waals surface area contributed by atoms with Crippen molar-refractivity contribution >= 4 is 39.1 Å². The van der Waals surface area contributed by atoms with Crippen LogP contribution in [0.5, 0.6) is 0 Å². The number of nitrogen functional groups attached to an aromatic ring is 1. The molecule has 0 aliphatic carbocycles. The molecule has 0 radical (unpaired) electrons. The first kappa shape index (κ1) is 14.2. The van der Waals surface area contributed by atoms with E-state index >= 15 is 0 Å². The molecule has 0 spiro atoms. The van der Waals surface area contributed by atoms with E-state index in [1.807, 2.05) is 18.2 Å². The molecule has 4 nitrogen and oxygen atoms in total. The molecule has 7 heteroatoms. The fourth-order valence-corrected chi connectivity index (χ4v) is 3.29. The Balaban J connectivity index is 2.34. The molecule has 2 aromatic rings. The summed E-state index contributed by atoms with van der Waals surface area (Å²) in [5.41, 5.74) is 5.82. The average Bonchev–Trinajstić information content (AvgIpc) is 2.30. The molecule has 0 heterocycles. The van der Waals surface area contributed by atoms with Gasteiger partial charge in [-0.1, -0.05) is 35.5 Å². The fourth-order valence-electron chi connectivity index (χ4n) is 1.50. The summed E-state index contributed by atoms with van der Waals surface area (Å²) in [6.45, 7) is 0. The van der Waals surface area contributed by atoms with Gasteiger partial charge in [0.25, 0.3) is 0 Å². The molecule has 0 unspecified atom stereocenters. The van der Waals surface area contributed by atoms with E-state index in [2.05, 4.69) is 0 Å². The predicted molar refractivity (Wildman–Crippen MR) is 77.8 cm³/mol. The van der Waals surface area contributed by atoms with Crippen molar-refractivity contribution in [3.63, 3.8) is 0 Å². The highest BCUT2D eigenvalue weighted by Crippen LogP contribution is 2.34. The van der Waals surface area contributed by atoms with Gasteiger partial charge in [-0.3, -0.25) is 0 Å². The van der Waals surface area contributed by atoms with Gasteiger partial charge in [0.15, 0.2) is 0 Å². The quantitative estimate of drug-likeness (QED) is 0.853. The smallest absolute Gasteiger partial charge is 0.240 e. The lowest BCUT2D eigenvalue weighted by Gasteiger charge is -2.07. The molecule has 0 atom stereocenters. The molecule has 0 amide bonds. The molecule has 100 valence electrons. The maximum absolute atomic E-state index is 11.2. The van der Waals surface area contributed by atoms with E-state index in [0.29, 0.717) is 5.02 Å². The van der Waals surface area contributed by atoms with Crippen LogP contribution in [0.15, 0.2) is 57.2 Å². The van der Waals surface area contributed by atoms with E-state index in [9.17, 15) is 8.42 Å². The highest BCUT2D eigenvalue weighted by Gasteiger charge is 2.13. The van der Waals surface area contributed by atoms with Crippen molar-refractivity contribution in [2.45, 2.75) is 14.7 Å². The zero-order chi connectivity index (χ0) is 14.0. The van der Waals surface area contributed by atoms with Crippen molar-refractivity contribution in [1.29, 1.82) is 0 Å². The summed E-state index contributed by atoms with van der Waals surface area (Å²) in [5.74, 6) is 0. The van der Waals surface area contributed by atoms with Crippen molar-refractivity contribution in [1.82, 2.24) is 0 Å². The lowest BCUT2D eigenvalue weighted by Crippen LogP contribution is -2.14. The number of nitrogens with two attached hydrogens (primary N) is 2. The van der Waals surface area contributed by atoms with Crippen LogP contribution in [0.25, 0.3) is 0 Å². The fraction of sp³-hybridized carbons (Fsp3) is 0. The Morgan fingerprint density at radius 3 is 2.37 bits per heavy atom. The van der Waals surface area contributed by atoms with E-state index < -0.39 is 10.0 Å². The normalized spacial score (nSPS) is 11.5. The van der Waals surface area contributed by atoms with E-state index in [0.717, 1.165) is 9.79 Å². The minimum atomic E-state index is -3.79. The van der Waals surface area contributed by atoms with Crippen molar-refractivity contribution < 1.29 is 8.42 Å². The second-order valence-corrected chi connectivity index (χ2v) is 6.83. The van der Waals surface area contributed by atoms with E-state index in [-0.39, 0.29) is 10.6 Å². The Labute approximate surface area is 120 Å². The molecular formula is C12H11ClN2O2S2. The summed E-state index contributed by atoms with van der Waals surface area (Å²) < 4.78 is 22.5. The highest BCUT2D eigenvalue weighted by atomic mass is 35.5. The lowest BCUT2D eigenvalue weighted by atomic mass is 10.3. The minimum Gasteiger partial charge on any atom is -0.398 e. The Morgan fingerprint density at radius 2 is 1.79 bits per heavy atom. The van der Waals surface area contributed by atoms with Crippen molar-refractivity contribution in [2.24, 2.45) is 5.14 Å². The summed E-state index contributed by atoms with van der Waals surface area (Å²) in [7, 11) is -3.79. The maximum Gasteiger partial charge on any atom is 0.240 e. The summed E-state index contributed by atoms with van der Waals surface area (Å²) in [6, 6.07) is 12.0. The highest BCUT2D eigenvalue weighted by molar-refractivity contribution is 7.99. The van der Waals surface area contributed by atoms with Crippen LogP contribution in [0.4, 0.5) is 5.69 Å². The lowest BCUT2D eigenvalue weighted by molar-refractivity contribution is 0.598. The van der Waals surface area contributed by atoms with E-state index in [1.54, 1.807) is 18.2 Å². The molecule has 0 aliphatic heterocycles. The van der Waals surface area contributed by atoms with Crippen molar-refractivity contribution in [2.75, 3.05) is 5.73 Å². The molecular weight excluding hydrogens is 304 g/mol. The topological polar surface area (TPSA) is 86.2 Å². The minimum absolute atomic E-state index is 0.0731. The van der Waals surface area contributed by atoms with Gasteiger partial charge in [0.05, 0.1) is 10.7 Å². The second-order valence-electron chi connectivity index (χ2n) is 3.78. The first-order valence-electron chi connectivity index (χ1n) is 5.22. The second kappa shape index (κ2) is 5.42. The first-order valence-corrected chi connectivity index (χ1v) is 7.97. The third kappa shape index (κ3) is 3.42. The molecule has 0 saturated carbocycles. The Kier molecular flexibility index (Phi) is 4.05. The monoisotopic (exact) mass is 314 g/mol. The first-order chi connectivity index (χ1) is 8.88. The Bertz CT molecular complexity index is 717. The molecule has 19 heavy (non-hydrogen) atoms. The van der Waals surface area contributed by atoms with Crippen LogP contribution in [-0.2, 0) is 10.0 Å². The van der Waals surface area contributed by atoms with Gasteiger partial charge in [-0.25, -0.2) is 13.6 Å². The van der Waals surface area contributed by atoms with Crippen LogP contribution in [-0.4, -0.2) is 8.42 Å². The SMILES string of the molecule is Nc1cc(Sc2ccccc2Cl)ccc1S(N)(=O)=O. The number of hydrogen-bond acceptors (Lipinski definition) is 4. The number of benzene rings is 2. The number of halogens is 1. The molecule has 0 fully saturated rings. The molecule has 0 bridgehead atoms. The summed E-state index contributed by atoms with van der Waals surface area (Å²) in [6.07, 6.45) is 0. The van der Waals surface area contributed by atoms with Crippen LogP contribution in [0.3, 0.4) is 0 Å². The third-order valence-corrected chi connectivity index (χ3v) is 4.84. The van der Waals surface area contributed by atoms with Crippen LogP contribution < -0.4 is 10.9 Å². The Hall–Kier alpha value is -1.21. The zero-order valence-electron chi connectivity index (χ0n) is 9.71. The van der Waals surface area contributed by atoms with Crippen LogP contribution >= 0.6 is 23.4 Å². The Morgan fingerprint density at radius 1 is 1.11 bits per heavy atom. The largest absolute Gasteiger partial charge is 0.398 e. The van der Waals surface area contributed by atoms with Crippen LogP contribution in [0.1, 0.15) is 0 Å². The average molecular weight is 315 g/mol. The zero-order valence-corrected chi connectivity index (χ0v) is 12.1. The van der Waals surface area contributed by atoms with Gasteiger partial charge >= 0.3 is 0 Å². The maximum atomic E-state index is 11.2. The van der Waals surface area contributed by atoms with Gasteiger partial charge in [-0.15, -0.1) is 0 Å². The molecule has 2 rings (SSSR count). The number of rotatable bonds is 3. The van der Waals surface area contributed by atoms with E-state index in [4.69, 9.17) is 22.5 Å². The number of sulfonamides is 1. The summed E-state index contributed by atoms with van der Waals surface area (Å²) in [5, 5.41) is 5.68. The molecule has 0 aromatic heterocycles. The molecule has 0 saturated heterocycles. The number of primary sulfonamides is 1. The number of anilines is 1. The van der Waals surface area contributed by atoms with Gasteiger partial charge in [0.2, 0.25) is 10.0 Å². The van der Waals surface area contributed by atoms with Gasteiger partial charge < -0.3 is 5.73 Å². The van der Waals surface area contributed by atoms with E-state index in [1.165, 1.54) is 17.8 Å².